The van der Waals surface area contributed by atoms with E-state index in [0.717, 1.165) is 32.5 Å². The summed E-state index contributed by atoms with van der Waals surface area (Å²) in [6.45, 7) is 4.09. The fourth-order valence-electron chi connectivity index (χ4n) is 2.38. The van der Waals surface area contributed by atoms with Crippen molar-refractivity contribution in [3.63, 3.8) is 0 Å². The summed E-state index contributed by atoms with van der Waals surface area (Å²) in [5.41, 5.74) is 10.6. The Morgan fingerprint density at radius 1 is 1.20 bits per heavy atom. The van der Waals surface area contributed by atoms with Crippen molar-refractivity contribution < 1.29 is 4.74 Å². The zero-order valence-corrected chi connectivity index (χ0v) is 14.0. The minimum absolute atomic E-state index is 0.267. The van der Waals surface area contributed by atoms with Crippen molar-refractivity contribution in [3.05, 3.63) is 62.1 Å². The highest BCUT2D eigenvalue weighted by Gasteiger charge is 2.18. The van der Waals surface area contributed by atoms with Crippen molar-refractivity contribution in [2.45, 2.75) is 19.9 Å². The second-order valence-corrected chi connectivity index (χ2v) is 6.11. The van der Waals surface area contributed by atoms with Crippen LogP contribution in [-0.4, -0.2) is 7.11 Å². The quantitative estimate of drug-likeness (QED) is 0.861. The van der Waals surface area contributed by atoms with Gasteiger partial charge in [-0.05, 0) is 64.7 Å². The van der Waals surface area contributed by atoms with Crippen molar-refractivity contribution in [2.75, 3.05) is 7.11 Å². The molecule has 0 fully saturated rings. The molecule has 2 rings (SSSR count). The third-order valence-corrected chi connectivity index (χ3v) is 4.56. The molecular formula is C16H17BrClNO. The molecule has 106 valence electrons. The summed E-state index contributed by atoms with van der Waals surface area (Å²) >= 11 is 9.54. The average Bonchev–Trinajstić information content (AvgIpc) is 2.40. The number of hydrogen-bond acceptors (Lipinski definition) is 2. The molecule has 0 saturated heterocycles. The van der Waals surface area contributed by atoms with Gasteiger partial charge in [0.2, 0.25) is 0 Å². The van der Waals surface area contributed by atoms with Gasteiger partial charge in [0.15, 0.2) is 0 Å². The molecule has 0 spiro atoms. The molecular weight excluding hydrogens is 338 g/mol. The lowest BCUT2D eigenvalue weighted by Crippen LogP contribution is -2.15. The molecule has 20 heavy (non-hydrogen) atoms. The van der Waals surface area contributed by atoms with Crippen molar-refractivity contribution >= 4 is 27.5 Å². The predicted molar refractivity (Wildman–Crippen MR) is 87.7 cm³/mol. The molecule has 2 N–H and O–H groups in total. The van der Waals surface area contributed by atoms with E-state index in [9.17, 15) is 0 Å². The van der Waals surface area contributed by atoms with Gasteiger partial charge in [0.1, 0.15) is 5.75 Å². The monoisotopic (exact) mass is 353 g/mol. The van der Waals surface area contributed by atoms with Gasteiger partial charge >= 0.3 is 0 Å². The van der Waals surface area contributed by atoms with Gasteiger partial charge < -0.3 is 10.5 Å². The molecule has 2 aromatic rings. The fraction of sp³-hybridized carbons (Fsp3) is 0.250. The number of ether oxygens (including phenoxy) is 1. The van der Waals surface area contributed by atoms with Crippen LogP contribution in [0.2, 0.25) is 5.02 Å². The number of rotatable bonds is 3. The topological polar surface area (TPSA) is 35.2 Å². The number of nitrogens with two attached hydrogens (primary N) is 1. The van der Waals surface area contributed by atoms with Gasteiger partial charge in [0, 0.05) is 10.0 Å². The number of halogens is 2. The SMILES string of the molecule is COc1cc(C)cc(C)c1C(N)c1ccc(Br)c(Cl)c1. The molecule has 0 amide bonds. The first-order valence-corrected chi connectivity index (χ1v) is 7.46. The molecule has 0 bridgehead atoms. The molecule has 2 aromatic carbocycles. The second kappa shape index (κ2) is 6.17. The Labute approximate surface area is 133 Å². The summed E-state index contributed by atoms with van der Waals surface area (Å²) in [5.74, 6) is 0.814. The van der Waals surface area contributed by atoms with Crippen molar-refractivity contribution in [2.24, 2.45) is 5.73 Å². The zero-order valence-electron chi connectivity index (χ0n) is 11.7. The van der Waals surface area contributed by atoms with Crippen LogP contribution in [0.1, 0.15) is 28.3 Å². The number of methoxy groups -OCH3 is 1. The summed E-state index contributed by atoms with van der Waals surface area (Å²) in [6.07, 6.45) is 0. The van der Waals surface area contributed by atoms with E-state index in [1.165, 1.54) is 0 Å². The van der Waals surface area contributed by atoms with Crippen LogP contribution in [0.5, 0.6) is 5.75 Å². The Bertz CT molecular complexity index is 643. The number of hydrogen-bond donors (Lipinski definition) is 1. The van der Waals surface area contributed by atoms with Crippen molar-refractivity contribution in [1.82, 2.24) is 0 Å². The van der Waals surface area contributed by atoms with Gasteiger partial charge in [0.05, 0.1) is 18.2 Å². The highest BCUT2D eigenvalue weighted by atomic mass is 79.9. The van der Waals surface area contributed by atoms with Crippen molar-refractivity contribution in [3.8, 4) is 5.75 Å². The third-order valence-electron chi connectivity index (χ3n) is 3.33. The van der Waals surface area contributed by atoms with Crippen LogP contribution in [0, 0.1) is 13.8 Å². The van der Waals surface area contributed by atoms with Gasteiger partial charge in [-0.2, -0.15) is 0 Å². The van der Waals surface area contributed by atoms with Crippen molar-refractivity contribution in [1.29, 1.82) is 0 Å². The molecule has 0 aromatic heterocycles. The summed E-state index contributed by atoms with van der Waals surface area (Å²) in [6, 6.07) is 9.61. The van der Waals surface area contributed by atoms with Crippen LogP contribution in [0.25, 0.3) is 0 Å². The number of aryl methyl sites for hydroxylation is 2. The van der Waals surface area contributed by atoms with Gasteiger partial charge in [-0.3, -0.25) is 0 Å². The van der Waals surface area contributed by atoms with Gasteiger partial charge in [0.25, 0.3) is 0 Å². The molecule has 1 unspecified atom stereocenters. The molecule has 4 heteroatoms. The van der Waals surface area contributed by atoms with E-state index in [-0.39, 0.29) is 6.04 Å². The van der Waals surface area contributed by atoms with E-state index in [1.807, 2.05) is 38.1 Å². The maximum Gasteiger partial charge on any atom is 0.124 e. The van der Waals surface area contributed by atoms with E-state index in [0.29, 0.717) is 5.02 Å². The van der Waals surface area contributed by atoms with Crippen LogP contribution in [0.3, 0.4) is 0 Å². The maximum atomic E-state index is 6.41. The molecule has 0 heterocycles. The Balaban J connectivity index is 2.52. The maximum absolute atomic E-state index is 6.41. The Morgan fingerprint density at radius 2 is 1.90 bits per heavy atom. The zero-order chi connectivity index (χ0) is 14.9. The van der Waals surface area contributed by atoms with Gasteiger partial charge in [-0.25, -0.2) is 0 Å². The lowest BCUT2D eigenvalue weighted by molar-refractivity contribution is 0.407. The molecule has 0 radical (unpaired) electrons. The first-order chi connectivity index (χ1) is 9.43. The summed E-state index contributed by atoms with van der Waals surface area (Å²) in [5, 5.41) is 0.654. The first-order valence-electron chi connectivity index (χ1n) is 6.29. The van der Waals surface area contributed by atoms with E-state index < -0.39 is 0 Å². The minimum atomic E-state index is -0.267. The minimum Gasteiger partial charge on any atom is -0.496 e. The first kappa shape index (κ1) is 15.4. The Kier molecular flexibility index (Phi) is 4.74. The largest absolute Gasteiger partial charge is 0.496 e. The van der Waals surface area contributed by atoms with Crippen LogP contribution in [-0.2, 0) is 0 Å². The summed E-state index contributed by atoms with van der Waals surface area (Å²) < 4.78 is 6.34. The van der Waals surface area contributed by atoms with Crippen LogP contribution < -0.4 is 10.5 Å². The molecule has 0 aliphatic carbocycles. The standard InChI is InChI=1S/C16H17BrClNO/c1-9-6-10(2)15(14(7-9)20-3)16(19)11-4-5-12(17)13(18)8-11/h4-8,16H,19H2,1-3H3. The summed E-state index contributed by atoms with van der Waals surface area (Å²) in [4.78, 5) is 0. The Morgan fingerprint density at radius 3 is 2.50 bits per heavy atom. The van der Waals surface area contributed by atoms with Crippen LogP contribution >= 0.6 is 27.5 Å². The van der Waals surface area contributed by atoms with Crippen LogP contribution in [0.15, 0.2) is 34.8 Å². The van der Waals surface area contributed by atoms with Gasteiger partial charge in [-0.1, -0.05) is 23.7 Å². The van der Waals surface area contributed by atoms with E-state index in [2.05, 4.69) is 22.0 Å². The Hall–Kier alpha value is -1.03. The smallest absolute Gasteiger partial charge is 0.124 e. The summed E-state index contributed by atoms with van der Waals surface area (Å²) in [7, 11) is 1.67. The molecule has 1 atom stereocenters. The van der Waals surface area contributed by atoms with E-state index in [1.54, 1.807) is 7.11 Å². The highest BCUT2D eigenvalue weighted by Crippen LogP contribution is 2.34. The molecule has 2 nitrogen and oxygen atoms in total. The fourth-order valence-corrected chi connectivity index (χ4v) is 2.82. The highest BCUT2D eigenvalue weighted by molar-refractivity contribution is 9.10. The van der Waals surface area contributed by atoms with Gasteiger partial charge in [-0.15, -0.1) is 0 Å². The lowest BCUT2D eigenvalue weighted by atomic mass is 9.93. The second-order valence-electron chi connectivity index (χ2n) is 4.85. The molecule has 0 aliphatic rings. The van der Waals surface area contributed by atoms with E-state index >= 15 is 0 Å². The number of benzene rings is 2. The predicted octanol–water partition coefficient (Wildman–Crippen LogP) is 4.78. The molecule has 0 aliphatic heterocycles. The lowest BCUT2D eigenvalue weighted by Gasteiger charge is -2.20. The van der Waals surface area contributed by atoms with E-state index in [4.69, 9.17) is 22.1 Å². The van der Waals surface area contributed by atoms with Crippen LogP contribution in [0.4, 0.5) is 0 Å². The normalized spacial score (nSPS) is 12.3. The third kappa shape index (κ3) is 3.00. The average molecular weight is 355 g/mol. The molecule has 0 saturated carbocycles.